The Bertz CT molecular complexity index is 295. The molecule has 1 aliphatic rings. The Morgan fingerprint density at radius 3 is 2.82 bits per heavy atom. The smallest absolute Gasteiger partial charge is 0.232 e. The fourth-order valence-electron chi connectivity index (χ4n) is 2.38. The van der Waals surface area contributed by atoms with Crippen LogP contribution in [-0.2, 0) is 4.79 Å². The van der Waals surface area contributed by atoms with Crippen LogP contribution in [0.4, 0.5) is 0 Å². The van der Waals surface area contributed by atoms with E-state index in [2.05, 4.69) is 11.8 Å². The van der Waals surface area contributed by atoms with Crippen molar-refractivity contribution in [1.29, 1.82) is 0 Å². The van der Waals surface area contributed by atoms with Crippen molar-refractivity contribution in [1.82, 2.24) is 9.80 Å². The second kappa shape index (κ2) is 6.31. The molecule has 0 saturated carbocycles. The monoisotopic (exact) mass is 257 g/mol. The van der Waals surface area contributed by atoms with E-state index in [0.29, 0.717) is 6.04 Å². The SMILES string of the molecule is CCN1CCCC1CN(C)C(=O)C(C)C(N)=S. The van der Waals surface area contributed by atoms with E-state index in [9.17, 15) is 4.79 Å². The molecule has 0 aliphatic carbocycles. The summed E-state index contributed by atoms with van der Waals surface area (Å²) < 4.78 is 0. The zero-order valence-corrected chi connectivity index (χ0v) is 11.8. The molecule has 2 unspecified atom stereocenters. The van der Waals surface area contributed by atoms with E-state index in [0.717, 1.165) is 19.6 Å². The Morgan fingerprint density at radius 2 is 2.29 bits per heavy atom. The van der Waals surface area contributed by atoms with Crippen molar-refractivity contribution in [3.8, 4) is 0 Å². The van der Waals surface area contributed by atoms with E-state index in [1.807, 2.05) is 7.05 Å². The molecular weight excluding hydrogens is 234 g/mol. The van der Waals surface area contributed by atoms with Crippen LogP contribution in [0.2, 0.25) is 0 Å². The average molecular weight is 257 g/mol. The number of likely N-dealkylation sites (N-methyl/N-ethyl adjacent to an activating group) is 2. The quantitative estimate of drug-likeness (QED) is 0.742. The Balaban J connectivity index is 2.51. The Labute approximate surface area is 109 Å². The van der Waals surface area contributed by atoms with Crippen molar-refractivity contribution in [2.24, 2.45) is 11.7 Å². The predicted octanol–water partition coefficient (Wildman–Crippen LogP) is 0.851. The van der Waals surface area contributed by atoms with Gasteiger partial charge in [-0.2, -0.15) is 0 Å². The van der Waals surface area contributed by atoms with Crippen LogP contribution in [0, 0.1) is 5.92 Å². The third-order valence-electron chi connectivity index (χ3n) is 3.56. The summed E-state index contributed by atoms with van der Waals surface area (Å²) >= 11 is 4.86. The highest BCUT2D eigenvalue weighted by molar-refractivity contribution is 7.80. The average Bonchev–Trinajstić information content (AvgIpc) is 2.73. The minimum absolute atomic E-state index is 0.0282. The zero-order valence-electron chi connectivity index (χ0n) is 11.0. The van der Waals surface area contributed by atoms with E-state index in [1.165, 1.54) is 12.8 Å². The molecule has 5 heteroatoms. The summed E-state index contributed by atoms with van der Waals surface area (Å²) in [6.07, 6.45) is 2.40. The maximum Gasteiger partial charge on any atom is 0.232 e. The molecule has 2 atom stereocenters. The summed E-state index contributed by atoms with van der Waals surface area (Å²) in [5, 5.41) is 0. The number of rotatable bonds is 5. The van der Waals surface area contributed by atoms with Crippen LogP contribution in [0.3, 0.4) is 0 Å². The van der Waals surface area contributed by atoms with E-state index in [4.69, 9.17) is 18.0 Å². The van der Waals surface area contributed by atoms with Gasteiger partial charge in [0.1, 0.15) is 0 Å². The van der Waals surface area contributed by atoms with Gasteiger partial charge in [0.25, 0.3) is 0 Å². The topological polar surface area (TPSA) is 49.6 Å². The van der Waals surface area contributed by atoms with Crippen molar-refractivity contribution < 1.29 is 4.79 Å². The molecule has 0 spiro atoms. The van der Waals surface area contributed by atoms with Crippen LogP contribution < -0.4 is 5.73 Å². The van der Waals surface area contributed by atoms with Gasteiger partial charge in [0.05, 0.1) is 10.9 Å². The molecule has 0 aromatic carbocycles. The summed E-state index contributed by atoms with van der Waals surface area (Å²) in [6.45, 7) is 6.91. The highest BCUT2D eigenvalue weighted by atomic mass is 32.1. The summed E-state index contributed by atoms with van der Waals surface area (Å²) in [7, 11) is 1.84. The molecule has 1 heterocycles. The molecular formula is C12H23N3OS. The number of thiocarbonyl (C=S) groups is 1. The molecule has 17 heavy (non-hydrogen) atoms. The van der Waals surface area contributed by atoms with Gasteiger partial charge in [-0.15, -0.1) is 0 Å². The second-order valence-electron chi connectivity index (χ2n) is 4.77. The molecule has 1 saturated heterocycles. The van der Waals surface area contributed by atoms with Crippen LogP contribution in [0.15, 0.2) is 0 Å². The number of carbonyl (C=O) groups is 1. The molecule has 0 bridgehead atoms. The van der Waals surface area contributed by atoms with Crippen molar-refractivity contribution >= 4 is 23.1 Å². The molecule has 1 fully saturated rings. The van der Waals surface area contributed by atoms with Crippen molar-refractivity contribution in [3.05, 3.63) is 0 Å². The minimum Gasteiger partial charge on any atom is -0.393 e. The molecule has 0 aromatic rings. The summed E-state index contributed by atoms with van der Waals surface area (Å²) in [5.41, 5.74) is 5.51. The maximum atomic E-state index is 12.0. The normalized spacial score (nSPS) is 22.4. The van der Waals surface area contributed by atoms with Crippen LogP contribution in [0.5, 0.6) is 0 Å². The lowest BCUT2D eigenvalue weighted by Crippen LogP contribution is -2.44. The molecule has 0 radical (unpaired) electrons. The van der Waals surface area contributed by atoms with Gasteiger partial charge in [0, 0.05) is 19.6 Å². The zero-order chi connectivity index (χ0) is 13.0. The van der Waals surface area contributed by atoms with Crippen LogP contribution in [0.25, 0.3) is 0 Å². The third kappa shape index (κ3) is 3.64. The van der Waals surface area contributed by atoms with Gasteiger partial charge in [-0.1, -0.05) is 19.1 Å². The van der Waals surface area contributed by atoms with Crippen LogP contribution in [-0.4, -0.2) is 53.4 Å². The van der Waals surface area contributed by atoms with Gasteiger partial charge in [0.2, 0.25) is 5.91 Å². The Kier molecular flexibility index (Phi) is 5.33. The highest BCUT2D eigenvalue weighted by Crippen LogP contribution is 2.17. The van der Waals surface area contributed by atoms with Gasteiger partial charge in [0.15, 0.2) is 0 Å². The first-order valence-corrected chi connectivity index (χ1v) is 6.66. The number of hydrogen-bond donors (Lipinski definition) is 1. The van der Waals surface area contributed by atoms with Crippen LogP contribution in [0.1, 0.15) is 26.7 Å². The second-order valence-corrected chi connectivity index (χ2v) is 5.24. The molecule has 1 amide bonds. The number of nitrogens with two attached hydrogens (primary N) is 1. The van der Waals surface area contributed by atoms with E-state index >= 15 is 0 Å². The summed E-state index contributed by atoms with van der Waals surface area (Å²) in [5.74, 6) is -0.327. The lowest BCUT2D eigenvalue weighted by Gasteiger charge is -2.29. The molecule has 1 rings (SSSR count). The Morgan fingerprint density at radius 1 is 1.65 bits per heavy atom. The Hall–Kier alpha value is -0.680. The number of nitrogens with zero attached hydrogens (tertiary/aromatic N) is 2. The lowest BCUT2D eigenvalue weighted by atomic mass is 10.1. The fourth-order valence-corrected chi connectivity index (χ4v) is 2.48. The first-order valence-electron chi connectivity index (χ1n) is 6.25. The number of amides is 1. The van der Waals surface area contributed by atoms with Gasteiger partial charge in [-0.3, -0.25) is 9.69 Å². The number of carbonyl (C=O) groups excluding carboxylic acids is 1. The minimum atomic E-state index is -0.355. The largest absolute Gasteiger partial charge is 0.393 e. The number of likely N-dealkylation sites (tertiary alicyclic amines) is 1. The first kappa shape index (κ1) is 14.4. The molecule has 0 aromatic heterocycles. The predicted molar refractivity (Wildman–Crippen MR) is 73.9 cm³/mol. The third-order valence-corrected chi connectivity index (χ3v) is 3.92. The molecule has 4 nitrogen and oxygen atoms in total. The maximum absolute atomic E-state index is 12.0. The first-order chi connectivity index (χ1) is 7.97. The van der Waals surface area contributed by atoms with Gasteiger partial charge < -0.3 is 10.6 Å². The van der Waals surface area contributed by atoms with E-state index in [1.54, 1.807) is 11.8 Å². The summed E-state index contributed by atoms with van der Waals surface area (Å²) in [4.78, 5) is 16.5. The van der Waals surface area contributed by atoms with E-state index < -0.39 is 0 Å². The van der Waals surface area contributed by atoms with Crippen molar-refractivity contribution in [2.75, 3.05) is 26.7 Å². The molecule has 2 N–H and O–H groups in total. The number of hydrogen-bond acceptors (Lipinski definition) is 3. The lowest BCUT2D eigenvalue weighted by molar-refractivity contribution is -0.132. The fraction of sp³-hybridized carbons (Fsp3) is 0.833. The standard InChI is InChI=1S/C12H23N3OS/c1-4-15-7-5-6-10(15)8-14(3)12(16)9(2)11(13)17/h9-10H,4-8H2,1-3H3,(H2,13,17). The van der Waals surface area contributed by atoms with Crippen LogP contribution >= 0.6 is 12.2 Å². The van der Waals surface area contributed by atoms with Gasteiger partial charge >= 0.3 is 0 Å². The van der Waals surface area contributed by atoms with Crippen molar-refractivity contribution in [3.63, 3.8) is 0 Å². The highest BCUT2D eigenvalue weighted by Gasteiger charge is 2.27. The molecule has 98 valence electrons. The van der Waals surface area contributed by atoms with Gasteiger partial charge in [-0.25, -0.2) is 0 Å². The summed E-state index contributed by atoms with van der Waals surface area (Å²) in [6, 6.07) is 0.493. The molecule has 1 aliphatic heterocycles. The van der Waals surface area contributed by atoms with E-state index in [-0.39, 0.29) is 16.8 Å². The van der Waals surface area contributed by atoms with Gasteiger partial charge in [-0.05, 0) is 32.9 Å². The van der Waals surface area contributed by atoms with Crippen molar-refractivity contribution in [2.45, 2.75) is 32.7 Å².